The lowest BCUT2D eigenvalue weighted by atomic mass is 9.83. The van der Waals surface area contributed by atoms with Crippen LogP contribution in [0.15, 0.2) is 170 Å². The van der Waals surface area contributed by atoms with Gasteiger partial charge in [0, 0.05) is 10.0 Å². The molecule has 2 heteroatoms. The standard InChI is InChI=1S/C46H28Cl2/c47-39-19-13-31(14-20-39)35-18-24-42-43(27-35)45(37-11-9-29-5-1-3-7-33(29)25-37)41-23-17-36(32-15-21-40(48)22-16-32)28-44(41)46(42)38-12-10-30-6-2-4-8-34(30)26-38/h1-28H. The summed E-state index contributed by atoms with van der Waals surface area (Å²) in [5.74, 6) is 0. The second-order valence-electron chi connectivity index (χ2n) is 12.4. The summed E-state index contributed by atoms with van der Waals surface area (Å²) in [6, 6.07) is 61.0. The first-order valence-corrected chi connectivity index (χ1v) is 16.9. The number of hydrogen-bond acceptors (Lipinski definition) is 0. The van der Waals surface area contributed by atoms with E-state index in [1.54, 1.807) is 0 Å². The number of hydrogen-bond donors (Lipinski definition) is 0. The summed E-state index contributed by atoms with van der Waals surface area (Å²) in [6.07, 6.45) is 0. The Morgan fingerprint density at radius 3 is 1.02 bits per heavy atom. The van der Waals surface area contributed by atoms with Crippen molar-refractivity contribution in [1.29, 1.82) is 0 Å². The van der Waals surface area contributed by atoms with Crippen LogP contribution in [0, 0.1) is 0 Å². The number of fused-ring (bicyclic) bond motifs is 4. The van der Waals surface area contributed by atoms with E-state index in [-0.39, 0.29) is 0 Å². The molecule has 9 aromatic carbocycles. The van der Waals surface area contributed by atoms with Crippen molar-refractivity contribution in [2.45, 2.75) is 0 Å². The van der Waals surface area contributed by atoms with Gasteiger partial charge < -0.3 is 0 Å². The normalized spacial score (nSPS) is 11.5. The van der Waals surface area contributed by atoms with E-state index in [9.17, 15) is 0 Å². The Morgan fingerprint density at radius 2 is 0.604 bits per heavy atom. The highest BCUT2D eigenvalue weighted by Crippen LogP contribution is 2.46. The van der Waals surface area contributed by atoms with E-state index in [1.165, 1.54) is 65.3 Å². The number of halogens is 2. The summed E-state index contributed by atoms with van der Waals surface area (Å²) in [4.78, 5) is 0. The maximum Gasteiger partial charge on any atom is 0.0406 e. The van der Waals surface area contributed by atoms with E-state index in [0.717, 1.165) is 32.3 Å². The van der Waals surface area contributed by atoms with Gasteiger partial charge in [0.25, 0.3) is 0 Å². The average Bonchev–Trinajstić information content (AvgIpc) is 3.13. The van der Waals surface area contributed by atoms with Gasteiger partial charge in [-0.25, -0.2) is 0 Å². The fourth-order valence-electron chi connectivity index (χ4n) is 7.18. The quantitative estimate of drug-likeness (QED) is 0.166. The van der Waals surface area contributed by atoms with Crippen molar-refractivity contribution >= 4 is 66.3 Å². The highest BCUT2D eigenvalue weighted by atomic mass is 35.5. The van der Waals surface area contributed by atoms with E-state index in [0.29, 0.717) is 0 Å². The van der Waals surface area contributed by atoms with Crippen molar-refractivity contribution in [2.24, 2.45) is 0 Å². The Labute approximate surface area is 289 Å². The van der Waals surface area contributed by atoms with Crippen LogP contribution in [-0.2, 0) is 0 Å². The lowest BCUT2D eigenvalue weighted by Gasteiger charge is -2.20. The van der Waals surface area contributed by atoms with Crippen LogP contribution >= 0.6 is 23.2 Å². The maximum absolute atomic E-state index is 6.30. The Hall–Kier alpha value is -5.40. The molecular weight excluding hydrogens is 623 g/mol. The van der Waals surface area contributed by atoms with Crippen LogP contribution < -0.4 is 0 Å². The molecule has 0 spiro atoms. The van der Waals surface area contributed by atoms with Crippen LogP contribution in [0.4, 0.5) is 0 Å². The van der Waals surface area contributed by atoms with Crippen molar-refractivity contribution < 1.29 is 0 Å². The van der Waals surface area contributed by atoms with E-state index in [2.05, 4.69) is 146 Å². The second kappa shape index (κ2) is 11.7. The highest BCUT2D eigenvalue weighted by molar-refractivity contribution is 6.31. The van der Waals surface area contributed by atoms with Gasteiger partial charge in [-0.05, 0) is 136 Å². The molecule has 0 radical (unpaired) electrons. The molecule has 9 rings (SSSR count). The van der Waals surface area contributed by atoms with Gasteiger partial charge in [-0.3, -0.25) is 0 Å². The predicted molar refractivity (Wildman–Crippen MR) is 208 cm³/mol. The monoisotopic (exact) mass is 650 g/mol. The van der Waals surface area contributed by atoms with Gasteiger partial charge in [0.05, 0.1) is 0 Å². The Balaban J connectivity index is 1.42. The van der Waals surface area contributed by atoms with Gasteiger partial charge in [-0.2, -0.15) is 0 Å². The van der Waals surface area contributed by atoms with Crippen molar-refractivity contribution in [3.05, 3.63) is 180 Å². The summed E-state index contributed by atoms with van der Waals surface area (Å²) >= 11 is 12.6. The molecule has 0 unspecified atom stereocenters. The SMILES string of the molecule is Clc1ccc(-c2ccc3c(-c4ccc5ccccc5c4)c4cc(-c5ccc(Cl)cc5)ccc4c(-c4ccc5ccccc5c4)c3c2)cc1. The molecule has 0 aliphatic carbocycles. The van der Waals surface area contributed by atoms with Crippen molar-refractivity contribution in [2.75, 3.05) is 0 Å². The molecule has 0 N–H and O–H groups in total. The zero-order valence-corrected chi connectivity index (χ0v) is 27.4. The molecular formula is C46H28Cl2. The minimum atomic E-state index is 0.734. The van der Waals surface area contributed by atoms with E-state index < -0.39 is 0 Å². The largest absolute Gasteiger partial charge is 0.0843 e. The van der Waals surface area contributed by atoms with Gasteiger partial charge >= 0.3 is 0 Å². The van der Waals surface area contributed by atoms with Gasteiger partial charge in [0.2, 0.25) is 0 Å². The first-order valence-electron chi connectivity index (χ1n) is 16.1. The fraction of sp³-hybridized carbons (Fsp3) is 0. The van der Waals surface area contributed by atoms with Crippen molar-refractivity contribution in [1.82, 2.24) is 0 Å². The Bertz CT molecular complexity index is 2480. The van der Waals surface area contributed by atoms with Crippen LogP contribution in [0.2, 0.25) is 10.0 Å². The van der Waals surface area contributed by atoms with Gasteiger partial charge in [0.1, 0.15) is 0 Å². The number of benzene rings is 9. The summed E-state index contributed by atoms with van der Waals surface area (Å²) in [7, 11) is 0. The smallest absolute Gasteiger partial charge is 0.0406 e. The summed E-state index contributed by atoms with van der Waals surface area (Å²) in [5, 5.41) is 11.2. The van der Waals surface area contributed by atoms with Gasteiger partial charge in [-0.1, -0.05) is 145 Å². The van der Waals surface area contributed by atoms with Gasteiger partial charge in [0.15, 0.2) is 0 Å². The summed E-state index contributed by atoms with van der Waals surface area (Å²) in [5.41, 5.74) is 9.43. The molecule has 0 bridgehead atoms. The third-order valence-electron chi connectivity index (χ3n) is 9.55. The molecule has 9 aromatic rings. The molecule has 0 atom stereocenters. The molecule has 0 heterocycles. The second-order valence-corrected chi connectivity index (χ2v) is 13.3. The minimum Gasteiger partial charge on any atom is -0.0843 e. The molecule has 0 aromatic heterocycles. The Morgan fingerprint density at radius 1 is 0.250 bits per heavy atom. The fourth-order valence-corrected chi connectivity index (χ4v) is 7.44. The zero-order valence-electron chi connectivity index (χ0n) is 25.9. The van der Waals surface area contributed by atoms with Crippen LogP contribution in [-0.4, -0.2) is 0 Å². The molecule has 226 valence electrons. The molecule has 0 aliphatic heterocycles. The number of rotatable bonds is 4. The summed E-state index contributed by atoms with van der Waals surface area (Å²) in [6.45, 7) is 0. The molecule has 0 aliphatic rings. The van der Waals surface area contributed by atoms with Gasteiger partial charge in [-0.15, -0.1) is 0 Å². The lowest BCUT2D eigenvalue weighted by molar-refractivity contribution is 1.62. The molecule has 0 saturated heterocycles. The first kappa shape index (κ1) is 28.8. The average molecular weight is 652 g/mol. The van der Waals surface area contributed by atoms with E-state index in [4.69, 9.17) is 23.2 Å². The summed E-state index contributed by atoms with van der Waals surface area (Å²) < 4.78 is 0. The molecule has 0 nitrogen and oxygen atoms in total. The Kier molecular flexibility index (Phi) is 7.01. The minimum absolute atomic E-state index is 0.734. The topological polar surface area (TPSA) is 0 Å². The predicted octanol–water partition coefficient (Wildman–Crippen LogP) is 14.3. The molecule has 0 saturated carbocycles. The lowest BCUT2D eigenvalue weighted by Crippen LogP contribution is -1.93. The molecule has 0 amide bonds. The van der Waals surface area contributed by atoms with Crippen LogP contribution in [0.3, 0.4) is 0 Å². The third-order valence-corrected chi connectivity index (χ3v) is 10.1. The molecule has 0 fully saturated rings. The molecule has 48 heavy (non-hydrogen) atoms. The zero-order chi connectivity index (χ0) is 32.2. The van der Waals surface area contributed by atoms with Crippen molar-refractivity contribution in [3.8, 4) is 44.5 Å². The highest BCUT2D eigenvalue weighted by Gasteiger charge is 2.19. The first-order chi connectivity index (χ1) is 23.6. The van der Waals surface area contributed by atoms with E-state index >= 15 is 0 Å². The van der Waals surface area contributed by atoms with Crippen molar-refractivity contribution in [3.63, 3.8) is 0 Å². The maximum atomic E-state index is 6.30. The van der Waals surface area contributed by atoms with Crippen LogP contribution in [0.25, 0.3) is 87.6 Å². The van der Waals surface area contributed by atoms with Crippen LogP contribution in [0.1, 0.15) is 0 Å². The van der Waals surface area contributed by atoms with Crippen LogP contribution in [0.5, 0.6) is 0 Å². The van der Waals surface area contributed by atoms with E-state index in [1.807, 2.05) is 24.3 Å². The third kappa shape index (κ3) is 5.02.